The van der Waals surface area contributed by atoms with Crippen LogP contribution in [0.4, 0.5) is 0 Å². The number of benzene rings is 2. The Labute approximate surface area is 137 Å². The third-order valence-corrected chi connectivity index (χ3v) is 4.86. The highest BCUT2D eigenvalue weighted by molar-refractivity contribution is 5.78. The van der Waals surface area contributed by atoms with Gasteiger partial charge in [-0.25, -0.2) is 0 Å². The highest BCUT2D eigenvalue weighted by atomic mass is 15.3. The van der Waals surface area contributed by atoms with Crippen molar-refractivity contribution in [2.75, 3.05) is 13.1 Å². The quantitative estimate of drug-likeness (QED) is 0.724. The van der Waals surface area contributed by atoms with Crippen molar-refractivity contribution in [3.63, 3.8) is 0 Å². The summed E-state index contributed by atoms with van der Waals surface area (Å²) in [4.78, 5) is 2.56. The first-order valence-corrected chi connectivity index (χ1v) is 8.50. The van der Waals surface area contributed by atoms with E-state index in [9.17, 15) is 0 Å². The van der Waals surface area contributed by atoms with Crippen molar-refractivity contribution in [1.29, 1.82) is 0 Å². The van der Waals surface area contributed by atoms with Gasteiger partial charge in [0, 0.05) is 18.5 Å². The van der Waals surface area contributed by atoms with Crippen LogP contribution in [0.25, 0.3) is 10.9 Å². The Morgan fingerprint density at radius 3 is 2.78 bits per heavy atom. The predicted octanol–water partition coefficient (Wildman–Crippen LogP) is 4.18. The summed E-state index contributed by atoms with van der Waals surface area (Å²) in [7, 11) is 0. The number of piperidine rings is 1. The van der Waals surface area contributed by atoms with Crippen LogP contribution in [0.5, 0.6) is 0 Å². The molecule has 0 unspecified atom stereocenters. The zero-order chi connectivity index (χ0) is 15.6. The van der Waals surface area contributed by atoms with E-state index >= 15 is 0 Å². The van der Waals surface area contributed by atoms with Gasteiger partial charge in [-0.15, -0.1) is 0 Å². The summed E-state index contributed by atoms with van der Waals surface area (Å²) >= 11 is 0. The average Bonchev–Trinajstić information content (AvgIpc) is 3.01. The fraction of sp³-hybridized carbons (Fsp3) is 0.350. The fourth-order valence-electron chi connectivity index (χ4n) is 3.61. The van der Waals surface area contributed by atoms with E-state index in [2.05, 4.69) is 70.1 Å². The minimum Gasteiger partial charge on any atom is -0.297 e. The molecule has 0 N–H and O–H groups in total. The zero-order valence-corrected chi connectivity index (χ0v) is 13.7. The summed E-state index contributed by atoms with van der Waals surface area (Å²) < 4.78 is 2.23. The van der Waals surface area contributed by atoms with Crippen LogP contribution in [0.3, 0.4) is 0 Å². The lowest BCUT2D eigenvalue weighted by molar-refractivity contribution is 0.165. The van der Waals surface area contributed by atoms with Gasteiger partial charge >= 0.3 is 0 Å². The second-order valence-electron chi connectivity index (χ2n) is 6.66. The molecule has 118 valence electrons. The van der Waals surface area contributed by atoms with E-state index in [1.165, 1.54) is 41.4 Å². The monoisotopic (exact) mass is 305 g/mol. The maximum atomic E-state index is 4.66. The number of hydrogen-bond donors (Lipinski definition) is 0. The van der Waals surface area contributed by atoms with Crippen molar-refractivity contribution in [2.24, 2.45) is 0 Å². The van der Waals surface area contributed by atoms with E-state index in [1.807, 2.05) is 6.20 Å². The molecular weight excluding hydrogens is 282 g/mol. The Balaban J connectivity index is 1.51. The largest absolute Gasteiger partial charge is 0.297 e. The predicted molar refractivity (Wildman–Crippen MR) is 94.5 cm³/mol. The van der Waals surface area contributed by atoms with Gasteiger partial charge in [-0.3, -0.25) is 9.58 Å². The van der Waals surface area contributed by atoms with Crippen LogP contribution in [-0.4, -0.2) is 27.8 Å². The van der Waals surface area contributed by atoms with Gasteiger partial charge in [-0.1, -0.05) is 48.0 Å². The van der Waals surface area contributed by atoms with Gasteiger partial charge in [0.25, 0.3) is 0 Å². The highest BCUT2D eigenvalue weighted by Gasteiger charge is 2.23. The molecule has 2 aromatic carbocycles. The summed E-state index contributed by atoms with van der Waals surface area (Å²) in [6.45, 7) is 5.45. The summed E-state index contributed by atoms with van der Waals surface area (Å²) in [5.41, 5.74) is 3.99. The van der Waals surface area contributed by atoms with Crippen LogP contribution in [0.1, 0.15) is 30.0 Å². The van der Waals surface area contributed by atoms with Gasteiger partial charge in [0.15, 0.2) is 0 Å². The Morgan fingerprint density at radius 2 is 1.91 bits per heavy atom. The molecule has 0 radical (unpaired) electrons. The first-order chi connectivity index (χ1) is 11.3. The number of aromatic nitrogens is 2. The second-order valence-corrected chi connectivity index (χ2v) is 6.66. The topological polar surface area (TPSA) is 21.1 Å². The van der Waals surface area contributed by atoms with Crippen molar-refractivity contribution in [3.8, 4) is 0 Å². The molecule has 4 rings (SSSR count). The molecule has 0 aliphatic carbocycles. The molecule has 1 fully saturated rings. The van der Waals surface area contributed by atoms with Crippen molar-refractivity contribution in [3.05, 3.63) is 65.9 Å². The van der Waals surface area contributed by atoms with E-state index in [0.29, 0.717) is 6.04 Å². The minimum atomic E-state index is 0.481. The van der Waals surface area contributed by atoms with Gasteiger partial charge in [0.2, 0.25) is 0 Å². The lowest BCUT2D eigenvalue weighted by Crippen LogP contribution is -2.36. The highest BCUT2D eigenvalue weighted by Crippen LogP contribution is 2.26. The normalized spacial score (nSPS) is 19.3. The first-order valence-electron chi connectivity index (χ1n) is 8.50. The molecule has 1 aromatic heterocycles. The van der Waals surface area contributed by atoms with Crippen molar-refractivity contribution in [1.82, 2.24) is 14.7 Å². The summed E-state index contributed by atoms with van der Waals surface area (Å²) in [6.07, 6.45) is 4.45. The van der Waals surface area contributed by atoms with Crippen molar-refractivity contribution in [2.45, 2.75) is 32.4 Å². The SMILES string of the molecule is Cc1ccc(CN2CCC[C@@H](n3ncc4ccccc43)C2)cc1. The van der Waals surface area contributed by atoms with Gasteiger partial charge < -0.3 is 0 Å². The van der Waals surface area contributed by atoms with Crippen LogP contribution in [0.2, 0.25) is 0 Å². The number of aryl methyl sites for hydroxylation is 1. The molecule has 2 heterocycles. The number of likely N-dealkylation sites (tertiary alicyclic amines) is 1. The van der Waals surface area contributed by atoms with Crippen LogP contribution < -0.4 is 0 Å². The minimum absolute atomic E-state index is 0.481. The van der Waals surface area contributed by atoms with E-state index in [0.717, 1.165) is 13.1 Å². The standard InChI is InChI=1S/C20H23N3/c1-16-8-10-17(11-9-16)14-22-12-4-6-19(15-22)23-20-7-3-2-5-18(20)13-21-23/h2-3,5,7-11,13,19H,4,6,12,14-15H2,1H3/t19-/m1/s1. The molecule has 1 aliphatic rings. The molecule has 3 heteroatoms. The molecule has 23 heavy (non-hydrogen) atoms. The molecule has 0 spiro atoms. The summed E-state index contributed by atoms with van der Waals surface area (Å²) in [6, 6.07) is 17.9. The van der Waals surface area contributed by atoms with Crippen LogP contribution >= 0.6 is 0 Å². The van der Waals surface area contributed by atoms with Crippen LogP contribution in [0, 0.1) is 6.92 Å². The molecule has 3 nitrogen and oxygen atoms in total. The van der Waals surface area contributed by atoms with Gasteiger partial charge in [0.05, 0.1) is 17.8 Å². The Hall–Kier alpha value is -2.13. The van der Waals surface area contributed by atoms with E-state index in [-0.39, 0.29) is 0 Å². The molecular formula is C20H23N3. The number of fused-ring (bicyclic) bond motifs is 1. The Bertz CT molecular complexity index is 788. The summed E-state index contributed by atoms with van der Waals surface area (Å²) in [5, 5.41) is 5.90. The summed E-state index contributed by atoms with van der Waals surface area (Å²) in [5.74, 6) is 0. The van der Waals surface area contributed by atoms with Crippen LogP contribution in [-0.2, 0) is 6.54 Å². The number of para-hydroxylation sites is 1. The van der Waals surface area contributed by atoms with E-state index < -0.39 is 0 Å². The third kappa shape index (κ3) is 3.02. The molecule has 0 bridgehead atoms. The van der Waals surface area contributed by atoms with Gasteiger partial charge in [0.1, 0.15) is 0 Å². The number of nitrogens with zero attached hydrogens (tertiary/aromatic N) is 3. The van der Waals surface area contributed by atoms with Gasteiger partial charge in [-0.2, -0.15) is 5.10 Å². The van der Waals surface area contributed by atoms with Crippen LogP contribution in [0.15, 0.2) is 54.7 Å². The Morgan fingerprint density at radius 1 is 1.09 bits per heavy atom. The maximum Gasteiger partial charge on any atom is 0.0686 e. The molecule has 3 aromatic rings. The molecule has 1 atom stereocenters. The average molecular weight is 305 g/mol. The zero-order valence-electron chi connectivity index (χ0n) is 13.7. The fourth-order valence-corrected chi connectivity index (χ4v) is 3.61. The molecule has 0 amide bonds. The van der Waals surface area contributed by atoms with E-state index in [1.54, 1.807) is 0 Å². The van der Waals surface area contributed by atoms with Crippen molar-refractivity contribution >= 4 is 10.9 Å². The Kier molecular flexibility index (Phi) is 3.88. The maximum absolute atomic E-state index is 4.66. The molecule has 1 aliphatic heterocycles. The van der Waals surface area contributed by atoms with E-state index in [4.69, 9.17) is 0 Å². The number of hydrogen-bond acceptors (Lipinski definition) is 2. The lowest BCUT2D eigenvalue weighted by atomic mass is 10.0. The molecule has 0 saturated carbocycles. The first kappa shape index (κ1) is 14.5. The molecule has 1 saturated heterocycles. The third-order valence-electron chi connectivity index (χ3n) is 4.86. The smallest absolute Gasteiger partial charge is 0.0686 e. The lowest BCUT2D eigenvalue weighted by Gasteiger charge is -2.33. The second kappa shape index (κ2) is 6.17. The van der Waals surface area contributed by atoms with Crippen molar-refractivity contribution < 1.29 is 0 Å². The van der Waals surface area contributed by atoms with Gasteiger partial charge in [-0.05, 0) is 37.9 Å². The number of rotatable bonds is 3.